The van der Waals surface area contributed by atoms with Crippen molar-refractivity contribution in [2.24, 2.45) is 11.8 Å². The fourth-order valence-corrected chi connectivity index (χ4v) is 3.55. The molecule has 0 radical (unpaired) electrons. The highest BCUT2D eigenvalue weighted by Crippen LogP contribution is 2.33. The van der Waals surface area contributed by atoms with E-state index < -0.39 is 24.6 Å². The Balaban J connectivity index is 1.66. The molecular formula is C17H28F2O2. The first kappa shape index (κ1) is 16.9. The van der Waals surface area contributed by atoms with E-state index in [-0.39, 0.29) is 0 Å². The second kappa shape index (κ2) is 8.23. The molecule has 0 amide bonds. The van der Waals surface area contributed by atoms with E-state index in [1.807, 2.05) is 6.08 Å². The lowest BCUT2D eigenvalue weighted by atomic mass is 9.80. The summed E-state index contributed by atoms with van der Waals surface area (Å²) in [5, 5.41) is 9.31. The maximum Gasteiger partial charge on any atom is 0.160 e. The van der Waals surface area contributed by atoms with Crippen LogP contribution in [0.3, 0.4) is 0 Å². The molecule has 0 aromatic rings. The van der Waals surface area contributed by atoms with Gasteiger partial charge in [0, 0.05) is 6.61 Å². The van der Waals surface area contributed by atoms with E-state index in [2.05, 4.69) is 6.58 Å². The fourth-order valence-electron chi connectivity index (χ4n) is 3.55. The third kappa shape index (κ3) is 4.75. The standard InChI is InChI=1S/C17H28F2O2/c1-2-3-4-12-5-7-13(8-6-12)11-21-15-10-9-14(20)16(18)17(15)19/h2,12-17,20H,1,3-11H2. The van der Waals surface area contributed by atoms with Crippen LogP contribution in [0.2, 0.25) is 0 Å². The Kier molecular flexibility index (Phi) is 6.62. The minimum Gasteiger partial charge on any atom is -0.390 e. The van der Waals surface area contributed by atoms with Crippen molar-refractivity contribution < 1.29 is 18.6 Å². The van der Waals surface area contributed by atoms with Crippen LogP contribution in [0.5, 0.6) is 0 Å². The summed E-state index contributed by atoms with van der Waals surface area (Å²) in [6.07, 6.45) is 4.30. The highest BCUT2D eigenvalue weighted by Gasteiger charge is 2.40. The van der Waals surface area contributed by atoms with Gasteiger partial charge in [-0.2, -0.15) is 0 Å². The summed E-state index contributed by atoms with van der Waals surface area (Å²) in [5.41, 5.74) is 0. The molecule has 2 fully saturated rings. The van der Waals surface area contributed by atoms with Crippen LogP contribution in [0.15, 0.2) is 12.7 Å². The first-order valence-electron chi connectivity index (χ1n) is 8.30. The number of hydrogen-bond acceptors (Lipinski definition) is 2. The number of hydrogen-bond donors (Lipinski definition) is 1. The van der Waals surface area contributed by atoms with E-state index >= 15 is 0 Å². The average molecular weight is 302 g/mol. The molecule has 122 valence electrons. The molecule has 4 unspecified atom stereocenters. The predicted molar refractivity (Wildman–Crippen MR) is 79.7 cm³/mol. The number of aliphatic hydroxyl groups excluding tert-OH is 1. The summed E-state index contributed by atoms with van der Waals surface area (Å²) in [7, 11) is 0. The van der Waals surface area contributed by atoms with E-state index in [4.69, 9.17) is 4.74 Å². The van der Waals surface area contributed by atoms with Crippen molar-refractivity contribution in [2.45, 2.75) is 75.9 Å². The Labute approximate surface area is 126 Å². The number of alkyl halides is 2. The van der Waals surface area contributed by atoms with Crippen LogP contribution in [0.1, 0.15) is 51.4 Å². The van der Waals surface area contributed by atoms with Gasteiger partial charge in [-0.1, -0.05) is 18.9 Å². The van der Waals surface area contributed by atoms with Gasteiger partial charge in [0.2, 0.25) is 0 Å². The summed E-state index contributed by atoms with van der Waals surface area (Å²) >= 11 is 0. The Morgan fingerprint density at radius 3 is 2.33 bits per heavy atom. The molecule has 2 nitrogen and oxygen atoms in total. The Morgan fingerprint density at radius 1 is 1.00 bits per heavy atom. The van der Waals surface area contributed by atoms with Gasteiger partial charge in [-0.25, -0.2) is 8.78 Å². The molecule has 0 aromatic carbocycles. The van der Waals surface area contributed by atoms with Crippen molar-refractivity contribution in [3.8, 4) is 0 Å². The quantitative estimate of drug-likeness (QED) is 0.752. The van der Waals surface area contributed by atoms with E-state index in [1.54, 1.807) is 0 Å². The Morgan fingerprint density at radius 2 is 1.67 bits per heavy atom. The van der Waals surface area contributed by atoms with E-state index in [0.29, 0.717) is 25.4 Å². The normalized spacial score (nSPS) is 40.9. The van der Waals surface area contributed by atoms with Crippen LogP contribution in [-0.2, 0) is 4.74 Å². The molecule has 4 atom stereocenters. The topological polar surface area (TPSA) is 29.5 Å². The molecule has 4 heteroatoms. The third-order valence-electron chi connectivity index (χ3n) is 5.07. The molecule has 2 saturated carbocycles. The van der Waals surface area contributed by atoms with Gasteiger partial charge >= 0.3 is 0 Å². The summed E-state index contributed by atoms with van der Waals surface area (Å²) < 4.78 is 32.8. The third-order valence-corrected chi connectivity index (χ3v) is 5.07. The first-order chi connectivity index (χ1) is 10.1. The lowest BCUT2D eigenvalue weighted by Gasteiger charge is -2.34. The molecule has 0 spiro atoms. The SMILES string of the molecule is C=CCCC1CCC(COC2CCC(O)C(F)C2F)CC1. The highest BCUT2D eigenvalue weighted by atomic mass is 19.2. The molecule has 0 heterocycles. The summed E-state index contributed by atoms with van der Waals surface area (Å²) in [5.74, 6) is 1.26. The van der Waals surface area contributed by atoms with Crippen LogP contribution in [-0.4, -0.2) is 36.3 Å². The van der Waals surface area contributed by atoms with Crippen molar-refractivity contribution in [3.05, 3.63) is 12.7 Å². The van der Waals surface area contributed by atoms with E-state index in [1.165, 1.54) is 19.3 Å². The minimum atomic E-state index is -1.79. The van der Waals surface area contributed by atoms with Crippen LogP contribution in [0.25, 0.3) is 0 Å². The molecule has 0 saturated heterocycles. The van der Waals surface area contributed by atoms with Gasteiger partial charge in [0.1, 0.15) is 0 Å². The van der Waals surface area contributed by atoms with Crippen molar-refractivity contribution in [1.29, 1.82) is 0 Å². The zero-order valence-electron chi connectivity index (χ0n) is 12.7. The highest BCUT2D eigenvalue weighted by molar-refractivity contribution is 4.89. The Hall–Kier alpha value is -0.480. The molecule has 2 aliphatic carbocycles. The van der Waals surface area contributed by atoms with Crippen LogP contribution in [0, 0.1) is 11.8 Å². The van der Waals surface area contributed by atoms with Crippen LogP contribution < -0.4 is 0 Å². The molecule has 2 rings (SSSR count). The van der Waals surface area contributed by atoms with Gasteiger partial charge in [0.25, 0.3) is 0 Å². The summed E-state index contributed by atoms with van der Waals surface area (Å²) in [6, 6.07) is 0. The van der Waals surface area contributed by atoms with Gasteiger partial charge in [0.05, 0.1) is 12.2 Å². The Bertz CT molecular complexity index is 316. The number of allylic oxidation sites excluding steroid dienone is 1. The van der Waals surface area contributed by atoms with Crippen molar-refractivity contribution >= 4 is 0 Å². The number of halogens is 2. The number of rotatable bonds is 6. The fraction of sp³-hybridized carbons (Fsp3) is 0.882. The van der Waals surface area contributed by atoms with Crippen molar-refractivity contribution in [2.75, 3.05) is 6.61 Å². The number of aliphatic hydroxyl groups is 1. The van der Waals surface area contributed by atoms with Gasteiger partial charge in [0.15, 0.2) is 12.3 Å². The molecule has 1 N–H and O–H groups in total. The van der Waals surface area contributed by atoms with Crippen LogP contribution >= 0.6 is 0 Å². The molecule has 2 aliphatic rings. The van der Waals surface area contributed by atoms with Crippen molar-refractivity contribution in [1.82, 2.24) is 0 Å². The van der Waals surface area contributed by atoms with Crippen LogP contribution in [0.4, 0.5) is 8.78 Å². The number of ether oxygens (including phenoxy) is 1. The lowest BCUT2D eigenvalue weighted by Crippen LogP contribution is -2.46. The minimum absolute atomic E-state index is 0.292. The van der Waals surface area contributed by atoms with Gasteiger partial charge < -0.3 is 9.84 Å². The van der Waals surface area contributed by atoms with Gasteiger partial charge in [-0.05, 0) is 50.4 Å². The molecule has 0 aromatic heterocycles. The maximum absolute atomic E-state index is 13.8. The summed E-state index contributed by atoms with van der Waals surface area (Å²) in [4.78, 5) is 0. The van der Waals surface area contributed by atoms with E-state index in [0.717, 1.165) is 25.2 Å². The van der Waals surface area contributed by atoms with Crippen molar-refractivity contribution in [3.63, 3.8) is 0 Å². The molecule has 0 aliphatic heterocycles. The molecule has 0 bridgehead atoms. The second-order valence-electron chi connectivity index (χ2n) is 6.66. The van der Waals surface area contributed by atoms with Gasteiger partial charge in [-0.15, -0.1) is 6.58 Å². The van der Waals surface area contributed by atoms with E-state index in [9.17, 15) is 13.9 Å². The predicted octanol–water partition coefficient (Wildman–Crippen LogP) is 3.98. The van der Waals surface area contributed by atoms with Gasteiger partial charge in [-0.3, -0.25) is 0 Å². The smallest absolute Gasteiger partial charge is 0.160 e. The zero-order chi connectivity index (χ0) is 15.2. The molecule has 21 heavy (non-hydrogen) atoms. The first-order valence-corrected chi connectivity index (χ1v) is 8.30. The molecular weight excluding hydrogens is 274 g/mol. The maximum atomic E-state index is 13.8. The zero-order valence-corrected chi connectivity index (χ0v) is 12.7. The largest absolute Gasteiger partial charge is 0.390 e. The summed E-state index contributed by atoms with van der Waals surface area (Å²) in [6.45, 7) is 4.29. The second-order valence-corrected chi connectivity index (χ2v) is 6.66. The average Bonchev–Trinajstić information content (AvgIpc) is 2.51. The lowest BCUT2D eigenvalue weighted by molar-refractivity contribution is -0.106. The monoisotopic (exact) mass is 302 g/mol.